The van der Waals surface area contributed by atoms with Gasteiger partial charge in [-0.2, -0.15) is 0 Å². The number of aldehydes is 1. The van der Waals surface area contributed by atoms with E-state index in [0.717, 1.165) is 0 Å². The van der Waals surface area contributed by atoms with Crippen LogP contribution in [-0.4, -0.2) is 30.8 Å². The highest BCUT2D eigenvalue weighted by molar-refractivity contribution is 5.97. The molecule has 0 bridgehead atoms. The highest BCUT2D eigenvalue weighted by Gasteiger charge is 2.29. The molecule has 1 rings (SSSR count). The molecule has 0 unspecified atom stereocenters. The summed E-state index contributed by atoms with van der Waals surface area (Å²) in [6.45, 7) is 7.91. The van der Waals surface area contributed by atoms with E-state index in [9.17, 15) is 9.59 Å². The Balaban J connectivity index is 3.25. The lowest BCUT2D eigenvalue weighted by Crippen LogP contribution is -2.40. The Hall–Kier alpha value is -1.91. The minimum atomic E-state index is -0.508. The molecule has 0 saturated heterocycles. The maximum Gasteiger partial charge on any atom is 0.233 e. The molecule has 0 atom stereocenters. The number of aromatic nitrogens is 1. The summed E-state index contributed by atoms with van der Waals surface area (Å²) in [6, 6.07) is 1.58. The van der Waals surface area contributed by atoms with Crippen LogP contribution in [0.5, 0.6) is 5.75 Å². The molecule has 1 aromatic rings. The summed E-state index contributed by atoms with van der Waals surface area (Å²) >= 11 is 0. The number of nitrogens with zero attached hydrogens (tertiary/aromatic N) is 2. The largest absolute Gasteiger partial charge is 0.493 e. The number of methoxy groups -OCH3 is 1. The third-order valence-corrected chi connectivity index (χ3v) is 2.67. The van der Waals surface area contributed by atoms with Crippen molar-refractivity contribution in [3.05, 3.63) is 17.8 Å². The summed E-state index contributed by atoms with van der Waals surface area (Å²) in [5, 5.41) is 0. The maximum absolute atomic E-state index is 12.4. The summed E-state index contributed by atoms with van der Waals surface area (Å²) in [5.74, 6) is 0.819. The molecule has 0 aliphatic heterocycles. The Bertz CT molecular complexity index is 478. The Morgan fingerprint density at radius 1 is 1.47 bits per heavy atom. The van der Waals surface area contributed by atoms with Crippen molar-refractivity contribution < 1.29 is 14.3 Å². The van der Waals surface area contributed by atoms with Crippen LogP contribution in [0.4, 0.5) is 5.82 Å². The van der Waals surface area contributed by atoms with Crippen molar-refractivity contribution in [2.24, 2.45) is 5.41 Å². The van der Waals surface area contributed by atoms with Crippen LogP contribution in [0.25, 0.3) is 0 Å². The van der Waals surface area contributed by atoms with Crippen LogP contribution in [0.2, 0.25) is 0 Å². The van der Waals surface area contributed by atoms with Crippen LogP contribution < -0.4 is 9.64 Å². The summed E-state index contributed by atoms with van der Waals surface area (Å²) in [7, 11) is 1.49. The number of carbonyl (C=O) groups is 2. The molecule has 0 aliphatic carbocycles. The molecule has 1 aromatic heterocycles. The van der Waals surface area contributed by atoms with Gasteiger partial charge in [0.25, 0.3) is 0 Å². The molecule has 104 valence electrons. The topological polar surface area (TPSA) is 59.5 Å². The molecule has 0 aromatic carbocycles. The lowest BCUT2D eigenvalue weighted by Gasteiger charge is -2.28. The van der Waals surface area contributed by atoms with E-state index in [2.05, 4.69) is 4.98 Å². The molecule has 19 heavy (non-hydrogen) atoms. The van der Waals surface area contributed by atoms with E-state index in [1.54, 1.807) is 11.0 Å². The fraction of sp³-hybridized carbons (Fsp3) is 0.500. The van der Waals surface area contributed by atoms with E-state index in [0.29, 0.717) is 30.0 Å². The molecule has 1 amide bonds. The van der Waals surface area contributed by atoms with Gasteiger partial charge in [-0.15, -0.1) is 0 Å². The highest BCUT2D eigenvalue weighted by Crippen LogP contribution is 2.29. The number of amides is 1. The van der Waals surface area contributed by atoms with Crippen molar-refractivity contribution in [2.75, 3.05) is 18.6 Å². The van der Waals surface area contributed by atoms with Crippen molar-refractivity contribution in [2.45, 2.75) is 27.7 Å². The zero-order valence-electron chi connectivity index (χ0n) is 12.1. The predicted octanol–water partition coefficient (Wildman–Crippen LogP) is 2.30. The van der Waals surface area contributed by atoms with E-state index >= 15 is 0 Å². The average Bonchev–Trinajstić information content (AvgIpc) is 2.38. The van der Waals surface area contributed by atoms with Gasteiger partial charge in [-0.1, -0.05) is 20.8 Å². The molecule has 1 heterocycles. The number of anilines is 1. The van der Waals surface area contributed by atoms with Gasteiger partial charge in [0, 0.05) is 23.7 Å². The second-order valence-corrected chi connectivity index (χ2v) is 5.21. The van der Waals surface area contributed by atoms with Gasteiger partial charge in [-0.25, -0.2) is 4.98 Å². The van der Waals surface area contributed by atoms with Gasteiger partial charge in [-0.05, 0) is 13.0 Å². The minimum absolute atomic E-state index is 0.0420. The Kier molecular flexibility index (Phi) is 4.64. The molecule has 0 spiro atoms. The first kappa shape index (κ1) is 15.1. The third-order valence-electron chi connectivity index (χ3n) is 2.67. The van der Waals surface area contributed by atoms with Crippen LogP contribution in [0, 0.1) is 5.41 Å². The lowest BCUT2D eigenvalue weighted by atomic mass is 9.94. The van der Waals surface area contributed by atoms with Gasteiger partial charge in [0.1, 0.15) is 0 Å². The van der Waals surface area contributed by atoms with Gasteiger partial charge < -0.3 is 4.74 Å². The van der Waals surface area contributed by atoms with Crippen LogP contribution in [-0.2, 0) is 4.79 Å². The van der Waals surface area contributed by atoms with Gasteiger partial charge in [0.2, 0.25) is 5.91 Å². The molecule has 0 aliphatic rings. The molecule has 0 fully saturated rings. The van der Waals surface area contributed by atoms with E-state index in [1.165, 1.54) is 13.3 Å². The van der Waals surface area contributed by atoms with Crippen molar-refractivity contribution in [3.8, 4) is 5.75 Å². The first-order valence-corrected chi connectivity index (χ1v) is 6.16. The first-order chi connectivity index (χ1) is 8.85. The van der Waals surface area contributed by atoms with Gasteiger partial charge >= 0.3 is 0 Å². The number of carbonyl (C=O) groups excluding carboxylic acids is 2. The fourth-order valence-corrected chi connectivity index (χ4v) is 1.66. The maximum atomic E-state index is 12.4. The minimum Gasteiger partial charge on any atom is -0.493 e. The number of rotatable bonds is 4. The summed E-state index contributed by atoms with van der Waals surface area (Å²) in [4.78, 5) is 28.9. The molecule has 5 nitrogen and oxygen atoms in total. The van der Waals surface area contributed by atoms with Crippen molar-refractivity contribution >= 4 is 18.0 Å². The molecular formula is C14H20N2O3. The molecule has 0 radical (unpaired) electrons. The quantitative estimate of drug-likeness (QED) is 0.783. The van der Waals surface area contributed by atoms with Gasteiger partial charge in [0.05, 0.1) is 7.11 Å². The van der Waals surface area contributed by atoms with Crippen molar-refractivity contribution in [1.82, 2.24) is 4.98 Å². The number of hydrogen-bond acceptors (Lipinski definition) is 4. The van der Waals surface area contributed by atoms with Crippen molar-refractivity contribution in [1.29, 1.82) is 0 Å². The lowest BCUT2D eigenvalue weighted by molar-refractivity contribution is -0.125. The molecule has 0 N–H and O–H groups in total. The second kappa shape index (κ2) is 5.82. The molecule has 0 saturated carbocycles. The average molecular weight is 264 g/mol. The van der Waals surface area contributed by atoms with Crippen LogP contribution in [0.3, 0.4) is 0 Å². The van der Waals surface area contributed by atoms with E-state index in [4.69, 9.17) is 4.74 Å². The zero-order valence-corrected chi connectivity index (χ0v) is 12.1. The number of pyridine rings is 1. The number of ether oxygens (including phenoxy) is 1. The normalized spacial score (nSPS) is 11.0. The zero-order chi connectivity index (χ0) is 14.6. The standard InChI is InChI=1S/C14H20N2O3/c1-6-16(13(18)14(2,3)4)12-11(19-5)7-10(9-17)8-15-12/h7-9H,6H2,1-5H3. The smallest absolute Gasteiger partial charge is 0.233 e. The highest BCUT2D eigenvalue weighted by atomic mass is 16.5. The SMILES string of the molecule is CCN(C(=O)C(C)(C)C)c1ncc(C=O)cc1OC. The van der Waals surface area contributed by atoms with Crippen LogP contribution in [0.1, 0.15) is 38.1 Å². The van der Waals surface area contributed by atoms with Crippen molar-refractivity contribution in [3.63, 3.8) is 0 Å². The monoisotopic (exact) mass is 264 g/mol. The first-order valence-electron chi connectivity index (χ1n) is 6.16. The summed E-state index contributed by atoms with van der Waals surface area (Å²) in [5.41, 5.74) is -0.0914. The molecule has 5 heteroatoms. The van der Waals surface area contributed by atoms with Gasteiger partial charge in [0.15, 0.2) is 17.9 Å². The fourth-order valence-electron chi connectivity index (χ4n) is 1.66. The number of hydrogen-bond donors (Lipinski definition) is 0. The van der Waals surface area contributed by atoms with Crippen LogP contribution >= 0.6 is 0 Å². The second-order valence-electron chi connectivity index (χ2n) is 5.21. The summed E-state index contributed by atoms with van der Waals surface area (Å²) < 4.78 is 5.22. The van der Waals surface area contributed by atoms with E-state index in [1.807, 2.05) is 27.7 Å². The predicted molar refractivity (Wildman–Crippen MR) is 73.7 cm³/mol. The Morgan fingerprint density at radius 2 is 2.11 bits per heavy atom. The third kappa shape index (κ3) is 3.30. The van der Waals surface area contributed by atoms with E-state index < -0.39 is 5.41 Å². The summed E-state index contributed by atoms with van der Waals surface area (Å²) in [6.07, 6.45) is 2.13. The van der Waals surface area contributed by atoms with E-state index in [-0.39, 0.29) is 5.91 Å². The Morgan fingerprint density at radius 3 is 2.53 bits per heavy atom. The van der Waals surface area contributed by atoms with Crippen LogP contribution in [0.15, 0.2) is 12.3 Å². The van der Waals surface area contributed by atoms with Gasteiger partial charge in [-0.3, -0.25) is 14.5 Å². The molecular weight excluding hydrogens is 244 g/mol. The Labute approximate surface area is 113 Å².